The van der Waals surface area contributed by atoms with E-state index >= 15 is 0 Å². The van der Waals surface area contributed by atoms with Gasteiger partial charge in [0.25, 0.3) is 0 Å². The Balaban J connectivity index is 1.91. The predicted molar refractivity (Wildman–Crippen MR) is 78.5 cm³/mol. The molecule has 1 saturated heterocycles. The van der Waals surface area contributed by atoms with Crippen molar-refractivity contribution in [2.45, 2.75) is 38.8 Å². The molecule has 1 fully saturated rings. The number of nitrogens with one attached hydrogen (secondary N) is 1. The largest absolute Gasteiger partial charge is 0.376 e. The summed E-state index contributed by atoms with van der Waals surface area (Å²) in [6.45, 7) is 5.75. The van der Waals surface area contributed by atoms with Gasteiger partial charge in [0.1, 0.15) is 5.82 Å². The third-order valence-corrected chi connectivity index (χ3v) is 3.49. The highest BCUT2D eigenvalue weighted by molar-refractivity contribution is 5.38. The van der Waals surface area contributed by atoms with Gasteiger partial charge >= 0.3 is 0 Å². The van der Waals surface area contributed by atoms with Crippen LogP contribution >= 0.6 is 0 Å². The van der Waals surface area contributed by atoms with Crippen LogP contribution in [0.25, 0.3) is 0 Å². The Morgan fingerprint density at radius 2 is 2.32 bits per heavy atom. The Hall–Kier alpha value is -1.13. The molecule has 0 bridgehead atoms. The Morgan fingerprint density at radius 1 is 1.42 bits per heavy atom. The van der Waals surface area contributed by atoms with Crippen molar-refractivity contribution in [1.29, 1.82) is 0 Å². The second-order valence-corrected chi connectivity index (χ2v) is 5.14. The molecule has 0 saturated carbocycles. The van der Waals surface area contributed by atoms with E-state index in [1.165, 1.54) is 19.3 Å². The molecule has 1 N–H and O–H groups in total. The number of likely N-dealkylation sites (N-methyl/N-ethyl adjacent to an activating group) is 1. The standard InChI is InChI=1S/C15H25N3O/c1-3-16-11-13-7-6-9-15(17-13)18(2)12-14-8-4-5-10-19-14/h6-7,9,14,16H,3-5,8,10-12H2,1-2H3. The lowest BCUT2D eigenvalue weighted by molar-refractivity contribution is 0.0215. The van der Waals surface area contributed by atoms with Crippen molar-refractivity contribution in [1.82, 2.24) is 10.3 Å². The van der Waals surface area contributed by atoms with Crippen molar-refractivity contribution in [2.24, 2.45) is 0 Å². The van der Waals surface area contributed by atoms with Crippen molar-refractivity contribution in [3.8, 4) is 0 Å². The number of rotatable bonds is 6. The van der Waals surface area contributed by atoms with Crippen LogP contribution in [0.5, 0.6) is 0 Å². The molecule has 1 aromatic heterocycles. The molecule has 106 valence electrons. The van der Waals surface area contributed by atoms with Crippen LogP contribution in [0.2, 0.25) is 0 Å². The summed E-state index contributed by atoms with van der Waals surface area (Å²) in [5.41, 5.74) is 1.09. The van der Waals surface area contributed by atoms with Gasteiger partial charge in [-0.2, -0.15) is 0 Å². The molecule has 0 aromatic carbocycles. The summed E-state index contributed by atoms with van der Waals surface area (Å²) in [4.78, 5) is 6.88. The summed E-state index contributed by atoms with van der Waals surface area (Å²) in [6, 6.07) is 6.21. The fraction of sp³-hybridized carbons (Fsp3) is 0.667. The lowest BCUT2D eigenvalue weighted by atomic mass is 10.1. The maximum atomic E-state index is 5.78. The zero-order valence-electron chi connectivity index (χ0n) is 12.1. The fourth-order valence-corrected chi connectivity index (χ4v) is 2.38. The summed E-state index contributed by atoms with van der Waals surface area (Å²) in [7, 11) is 2.09. The number of ether oxygens (including phenoxy) is 1. The van der Waals surface area contributed by atoms with Crippen molar-refractivity contribution >= 4 is 5.82 Å². The van der Waals surface area contributed by atoms with E-state index in [1.807, 2.05) is 0 Å². The average molecular weight is 263 g/mol. The summed E-state index contributed by atoms with van der Waals surface area (Å²) in [5.74, 6) is 1.03. The van der Waals surface area contributed by atoms with Gasteiger partial charge in [-0.05, 0) is 37.9 Å². The Bertz CT molecular complexity index is 377. The van der Waals surface area contributed by atoms with Gasteiger partial charge in [-0.15, -0.1) is 0 Å². The van der Waals surface area contributed by atoms with Gasteiger partial charge in [-0.25, -0.2) is 4.98 Å². The molecule has 4 nitrogen and oxygen atoms in total. The molecule has 2 rings (SSSR count). The van der Waals surface area contributed by atoms with Crippen LogP contribution in [-0.2, 0) is 11.3 Å². The van der Waals surface area contributed by atoms with E-state index in [2.05, 4.69) is 47.4 Å². The highest BCUT2D eigenvalue weighted by Gasteiger charge is 2.16. The number of hydrogen-bond acceptors (Lipinski definition) is 4. The van der Waals surface area contributed by atoms with E-state index in [0.29, 0.717) is 6.10 Å². The van der Waals surface area contributed by atoms with E-state index in [-0.39, 0.29) is 0 Å². The molecule has 2 heterocycles. The third kappa shape index (κ3) is 4.48. The van der Waals surface area contributed by atoms with Crippen LogP contribution in [0.1, 0.15) is 31.9 Å². The highest BCUT2D eigenvalue weighted by atomic mass is 16.5. The predicted octanol–water partition coefficient (Wildman–Crippen LogP) is 2.20. The molecule has 1 unspecified atom stereocenters. The first-order chi connectivity index (χ1) is 9.29. The van der Waals surface area contributed by atoms with E-state index < -0.39 is 0 Å². The lowest BCUT2D eigenvalue weighted by Gasteiger charge is -2.28. The van der Waals surface area contributed by atoms with Gasteiger partial charge in [0, 0.05) is 26.7 Å². The van der Waals surface area contributed by atoms with Crippen molar-refractivity contribution in [2.75, 3.05) is 31.6 Å². The van der Waals surface area contributed by atoms with E-state index in [9.17, 15) is 0 Å². The van der Waals surface area contributed by atoms with Gasteiger partial charge in [-0.3, -0.25) is 0 Å². The van der Waals surface area contributed by atoms with Gasteiger partial charge in [0.15, 0.2) is 0 Å². The smallest absolute Gasteiger partial charge is 0.128 e. The SMILES string of the molecule is CCNCc1cccc(N(C)CC2CCCCO2)n1. The van der Waals surface area contributed by atoms with Gasteiger partial charge < -0.3 is 15.0 Å². The van der Waals surface area contributed by atoms with Crippen LogP contribution in [0.15, 0.2) is 18.2 Å². The summed E-state index contributed by atoms with van der Waals surface area (Å²) >= 11 is 0. The second-order valence-electron chi connectivity index (χ2n) is 5.14. The first-order valence-electron chi connectivity index (χ1n) is 7.29. The van der Waals surface area contributed by atoms with Crippen LogP contribution in [-0.4, -0.2) is 37.8 Å². The molecular formula is C15H25N3O. The zero-order chi connectivity index (χ0) is 13.5. The monoisotopic (exact) mass is 263 g/mol. The molecule has 0 amide bonds. The molecule has 1 aliphatic heterocycles. The minimum Gasteiger partial charge on any atom is -0.376 e. The zero-order valence-corrected chi connectivity index (χ0v) is 12.1. The number of nitrogens with zero attached hydrogens (tertiary/aromatic N) is 2. The van der Waals surface area contributed by atoms with E-state index in [4.69, 9.17) is 4.74 Å². The summed E-state index contributed by atoms with van der Waals surface area (Å²) in [5, 5.41) is 3.31. The maximum absolute atomic E-state index is 5.78. The van der Waals surface area contributed by atoms with E-state index in [0.717, 1.165) is 37.8 Å². The first-order valence-corrected chi connectivity index (χ1v) is 7.29. The lowest BCUT2D eigenvalue weighted by Crippen LogP contribution is -2.33. The normalized spacial score (nSPS) is 19.4. The molecule has 4 heteroatoms. The Labute approximate surface area is 116 Å². The maximum Gasteiger partial charge on any atom is 0.128 e. The molecule has 1 aliphatic rings. The highest BCUT2D eigenvalue weighted by Crippen LogP contribution is 2.16. The molecule has 19 heavy (non-hydrogen) atoms. The molecule has 0 radical (unpaired) electrons. The third-order valence-electron chi connectivity index (χ3n) is 3.49. The molecule has 1 aromatic rings. The van der Waals surface area contributed by atoms with Crippen molar-refractivity contribution in [3.63, 3.8) is 0 Å². The number of hydrogen-bond donors (Lipinski definition) is 1. The minimum atomic E-state index is 0.359. The van der Waals surface area contributed by atoms with E-state index in [1.54, 1.807) is 0 Å². The van der Waals surface area contributed by atoms with Crippen LogP contribution < -0.4 is 10.2 Å². The molecule has 1 atom stereocenters. The summed E-state index contributed by atoms with van der Waals surface area (Å²) < 4.78 is 5.78. The molecule has 0 aliphatic carbocycles. The average Bonchev–Trinajstić information content (AvgIpc) is 2.46. The topological polar surface area (TPSA) is 37.4 Å². The van der Waals surface area contributed by atoms with Crippen LogP contribution in [0.3, 0.4) is 0 Å². The van der Waals surface area contributed by atoms with Crippen LogP contribution in [0.4, 0.5) is 5.82 Å². The Morgan fingerprint density at radius 3 is 3.05 bits per heavy atom. The first kappa shape index (κ1) is 14.3. The number of anilines is 1. The number of aromatic nitrogens is 1. The fourth-order valence-electron chi connectivity index (χ4n) is 2.38. The van der Waals surface area contributed by atoms with Crippen molar-refractivity contribution in [3.05, 3.63) is 23.9 Å². The number of pyridine rings is 1. The summed E-state index contributed by atoms with van der Waals surface area (Å²) in [6.07, 6.45) is 4.02. The molecule has 0 spiro atoms. The van der Waals surface area contributed by atoms with Crippen LogP contribution in [0, 0.1) is 0 Å². The van der Waals surface area contributed by atoms with Gasteiger partial charge in [0.05, 0.1) is 11.8 Å². The Kier molecular flexibility index (Phi) is 5.61. The van der Waals surface area contributed by atoms with Gasteiger partial charge in [0.2, 0.25) is 0 Å². The minimum absolute atomic E-state index is 0.359. The van der Waals surface area contributed by atoms with Crippen molar-refractivity contribution < 1.29 is 4.74 Å². The second kappa shape index (κ2) is 7.46. The van der Waals surface area contributed by atoms with Gasteiger partial charge in [-0.1, -0.05) is 13.0 Å². The quantitative estimate of drug-likeness (QED) is 0.854. The molecular weight excluding hydrogens is 238 g/mol.